The minimum Gasteiger partial charge on any atom is -0.326 e. The van der Waals surface area contributed by atoms with E-state index in [0.717, 1.165) is 6.42 Å². The van der Waals surface area contributed by atoms with Gasteiger partial charge < -0.3 is 5.73 Å². The topological polar surface area (TPSA) is 90.0 Å². The van der Waals surface area contributed by atoms with Crippen LogP contribution in [0.2, 0.25) is 0 Å². The number of aromatic nitrogens is 2. The summed E-state index contributed by atoms with van der Waals surface area (Å²) >= 11 is 0. The molecule has 0 aliphatic rings. The molecular formula is C11H22N4O2S. The van der Waals surface area contributed by atoms with Gasteiger partial charge >= 0.3 is 0 Å². The molecule has 0 aliphatic carbocycles. The van der Waals surface area contributed by atoms with E-state index in [9.17, 15) is 8.42 Å². The van der Waals surface area contributed by atoms with Crippen molar-refractivity contribution in [3.8, 4) is 0 Å². The molecule has 18 heavy (non-hydrogen) atoms. The zero-order valence-corrected chi connectivity index (χ0v) is 12.2. The summed E-state index contributed by atoms with van der Waals surface area (Å²) in [5.74, 6) is 0. The maximum atomic E-state index is 11.9. The maximum Gasteiger partial charge on any atom is 0.243 e. The standard InChI is InChI=1S/C11H22N4O2S/c1-11(2,3)5-9(12)6-14-18(16,17)10-7-13-15(4)8-10/h7-9,14H,5-6,12H2,1-4H3. The molecule has 1 aromatic rings. The van der Waals surface area contributed by atoms with Gasteiger partial charge in [-0.2, -0.15) is 5.10 Å². The average molecular weight is 274 g/mol. The van der Waals surface area contributed by atoms with Gasteiger partial charge in [-0.1, -0.05) is 20.8 Å². The van der Waals surface area contributed by atoms with Crippen LogP contribution in [0.25, 0.3) is 0 Å². The first-order valence-corrected chi connectivity index (χ1v) is 7.32. The molecule has 0 saturated heterocycles. The summed E-state index contributed by atoms with van der Waals surface area (Å²) < 4.78 is 27.7. The second-order valence-electron chi connectivity index (χ2n) is 5.73. The van der Waals surface area contributed by atoms with E-state index in [0.29, 0.717) is 0 Å². The number of nitrogens with zero attached hydrogens (tertiary/aromatic N) is 2. The lowest BCUT2D eigenvalue weighted by Gasteiger charge is -2.23. The van der Waals surface area contributed by atoms with Crippen LogP contribution in [0.5, 0.6) is 0 Å². The van der Waals surface area contributed by atoms with Crippen LogP contribution in [0.4, 0.5) is 0 Å². The quantitative estimate of drug-likeness (QED) is 0.816. The highest BCUT2D eigenvalue weighted by Crippen LogP contribution is 2.19. The van der Waals surface area contributed by atoms with E-state index in [2.05, 4.69) is 30.6 Å². The molecule has 1 unspecified atom stereocenters. The first-order valence-electron chi connectivity index (χ1n) is 5.84. The van der Waals surface area contributed by atoms with Crippen molar-refractivity contribution in [1.82, 2.24) is 14.5 Å². The number of hydrogen-bond donors (Lipinski definition) is 2. The van der Waals surface area contributed by atoms with E-state index < -0.39 is 10.0 Å². The summed E-state index contributed by atoms with van der Waals surface area (Å²) in [6.45, 7) is 6.45. The second-order valence-corrected chi connectivity index (χ2v) is 7.49. The monoisotopic (exact) mass is 274 g/mol. The predicted octanol–water partition coefficient (Wildman–Crippen LogP) is 0.462. The van der Waals surface area contributed by atoms with E-state index in [4.69, 9.17) is 5.73 Å². The van der Waals surface area contributed by atoms with Gasteiger partial charge in [-0.05, 0) is 11.8 Å². The molecule has 1 rings (SSSR count). The van der Waals surface area contributed by atoms with E-state index in [1.54, 1.807) is 7.05 Å². The number of sulfonamides is 1. The van der Waals surface area contributed by atoms with Gasteiger partial charge in [0.2, 0.25) is 10.0 Å². The maximum absolute atomic E-state index is 11.9. The van der Waals surface area contributed by atoms with Crippen LogP contribution >= 0.6 is 0 Å². The zero-order valence-electron chi connectivity index (χ0n) is 11.3. The van der Waals surface area contributed by atoms with Crippen LogP contribution < -0.4 is 10.5 Å². The van der Waals surface area contributed by atoms with Crippen LogP contribution in [-0.2, 0) is 17.1 Å². The zero-order chi connectivity index (χ0) is 14.0. The number of aryl methyl sites for hydroxylation is 1. The van der Waals surface area contributed by atoms with Crippen molar-refractivity contribution in [2.24, 2.45) is 18.2 Å². The van der Waals surface area contributed by atoms with Gasteiger partial charge in [0.25, 0.3) is 0 Å². The van der Waals surface area contributed by atoms with Crippen molar-refractivity contribution in [3.05, 3.63) is 12.4 Å². The molecule has 0 spiro atoms. The Morgan fingerprint density at radius 2 is 2.11 bits per heavy atom. The van der Waals surface area contributed by atoms with Crippen molar-refractivity contribution in [2.75, 3.05) is 6.54 Å². The highest BCUT2D eigenvalue weighted by atomic mass is 32.2. The fourth-order valence-electron chi connectivity index (χ4n) is 1.70. The average Bonchev–Trinajstić information content (AvgIpc) is 2.60. The summed E-state index contributed by atoms with van der Waals surface area (Å²) in [5.41, 5.74) is 5.99. The Morgan fingerprint density at radius 3 is 2.56 bits per heavy atom. The number of hydrogen-bond acceptors (Lipinski definition) is 4. The molecule has 104 valence electrons. The van der Waals surface area contributed by atoms with Gasteiger partial charge in [0, 0.05) is 25.8 Å². The summed E-state index contributed by atoms with van der Waals surface area (Å²) in [6.07, 6.45) is 3.53. The Bertz CT molecular complexity index is 487. The largest absolute Gasteiger partial charge is 0.326 e. The molecule has 6 nitrogen and oxygen atoms in total. The van der Waals surface area contributed by atoms with Crippen molar-refractivity contribution in [3.63, 3.8) is 0 Å². The fourth-order valence-corrected chi connectivity index (χ4v) is 2.77. The van der Waals surface area contributed by atoms with Crippen LogP contribution in [0.3, 0.4) is 0 Å². The Balaban J connectivity index is 2.58. The van der Waals surface area contributed by atoms with Crippen molar-refractivity contribution >= 4 is 10.0 Å². The van der Waals surface area contributed by atoms with E-state index >= 15 is 0 Å². The molecule has 0 saturated carbocycles. The van der Waals surface area contributed by atoms with E-state index in [1.165, 1.54) is 17.1 Å². The van der Waals surface area contributed by atoms with Crippen LogP contribution in [-0.4, -0.2) is 30.8 Å². The summed E-state index contributed by atoms with van der Waals surface area (Å²) in [6, 6.07) is -0.198. The molecule has 1 atom stereocenters. The first kappa shape index (κ1) is 15.1. The first-order chi connectivity index (χ1) is 8.10. The molecule has 0 aromatic carbocycles. The number of nitrogens with two attached hydrogens (primary N) is 1. The highest BCUT2D eigenvalue weighted by molar-refractivity contribution is 7.89. The third-order valence-electron chi connectivity index (χ3n) is 2.40. The molecule has 3 N–H and O–H groups in total. The van der Waals surface area contributed by atoms with Crippen molar-refractivity contribution < 1.29 is 8.42 Å². The van der Waals surface area contributed by atoms with Crippen LogP contribution in [0.15, 0.2) is 17.3 Å². The Hall–Kier alpha value is -0.920. The molecule has 0 aliphatic heterocycles. The van der Waals surface area contributed by atoms with E-state index in [1.807, 2.05) is 0 Å². The summed E-state index contributed by atoms with van der Waals surface area (Å²) in [4.78, 5) is 0.160. The molecular weight excluding hydrogens is 252 g/mol. The molecule has 0 bridgehead atoms. The Kier molecular flexibility index (Phi) is 4.52. The smallest absolute Gasteiger partial charge is 0.243 e. The van der Waals surface area contributed by atoms with Crippen LogP contribution in [0.1, 0.15) is 27.2 Å². The third-order valence-corrected chi connectivity index (χ3v) is 3.78. The minimum absolute atomic E-state index is 0.0825. The normalized spacial score (nSPS) is 14.7. The lowest BCUT2D eigenvalue weighted by Crippen LogP contribution is -2.39. The molecule has 0 amide bonds. The Morgan fingerprint density at radius 1 is 1.50 bits per heavy atom. The van der Waals surface area contributed by atoms with Gasteiger partial charge in [0.1, 0.15) is 4.90 Å². The third kappa shape index (κ3) is 4.75. The minimum atomic E-state index is -3.50. The SMILES string of the molecule is Cn1cc(S(=O)(=O)NCC(N)CC(C)(C)C)cn1. The lowest BCUT2D eigenvalue weighted by molar-refractivity contribution is 0.338. The Labute approximate surface area is 109 Å². The fraction of sp³-hybridized carbons (Fsp3) is 0.727. The number of rotatable bonds is 5. The van der Waals surface area contributed by atoms with Gasteiger partial charge in [-0.25, -0.2) is 13.1 Å². The summed E-state index contributed by atoms with van der Waals surface area (Å²) in [5, 5.41) is 3.84. The van der Waals surface area contributed by atoms with Gasteiger partial charge in [0.15, 0.2) is 0 Å². The molecule has 0 fully saturated rings. The second kappa shape index (κ2) is 5.38. The lowest BCUT2D eigenvalue weighted by atomic mass is 9.88. The van der Waals surface area contributed by atoms with Gasteiger partial charge in [-0.3, -0.25) is 4.68 Å². The van der Waals surface area contributed by atoms with Gasteiger partial charge in [-0.15, -0.1) is 0 Å². The number of nitrogens with one attached hydrogen (secondary N) is 1. The summed E-state index contributed by atoms with van der Waals surface area (Å²) in [7, 11) is -1.83. The molecule has 7 heteroatoms. The van der Waals surface area contributed by atoms with Crippen molar-refractivity contribution in [2.45, 2.75) is 38.1 Å². The highest BCUT2D eigenvalue weighted by Gasteiger charge is 2.20. The van der Waals surface area contributed by atoms with Gasteiger partial charge in [0.05, 0.1) is 6.20 Å². The van der Waals surface area contributed by atoms with Crippen molar-refractivity contribution in [1.29, 1.82) is 0 Å². The molecule has 1 heterocycles. The molecule has 0 radical (unpaired) electrons. The van der Waals surface area contributed by atoms with Crippen LogP contribution in [0, 0.1) is 5.41 Å². The molecule has 1 aromatic heterocycles. The van der Waals surface area contributed by atoms with E-state index in [-0.39, 0.29) is 22.9 Å². The predicted molar refractivity (Wildman–Crippen MR) is 70.4 cm³/mol.